The molecular weight excluding hydrogens is 244 g/mol. The maximum absolute atomic E-state index is 11.9. The first-order chi connectivity index (χ1) is 9.15. The predicted molar refractivity (Wildman–Crippen MR) is 71.9 cm³/mol. The van der Waals surface area contributed by atoms with E-state index in [0.717, 1.165) is 16.9 Å². The van der Waals surface area contributed by atoms with Crippen molar-refractivity contribution < 1.29 is 14.3 Å². The molecule has 0 aliphatic carbocycles. The van der Waals surface area contributed by atoms with Crippen LogP contribution in [0.4, 0.5) is 0 Å². The lowest BCUT2D eigenvalue weighted by molar-refractivity contribution is -0.148. The Morgan fingerprint density at radius 1 is 1.53 bits per heavy atom. The summed E-state index contributed by atoms with van der Waals surface area (Å²) in [7, 11) is 1.65. The van der Waals surface area contributed by atoms with E-state index in [9.17, 15) is 4.79 Å². The predicted octanol–water partition coefficient (Wildman–Crippen LogP) is 0.690. The maximum Gasteiger partial charge on any atom is 0.249 e. The van der Waals surface area contributed by atoms with Gasteiger partial charge in [0.2, 0.25) is 5.91 Å². The molecular formula is C14H20N2O3. The van der Waals surface area contributed by atoms with E-state index in [1.807, 2.05) is 25.1 Å². The molecule has 1 unspecified atom stereocenters. The first-order valence-electron chi connectivity index (χ1n) is 6.36. The standard InChI is InChI=1S/C14H20N2O3/c1-10-5-11(3-4-13(10)18-2)7-16-12(6-15)8-19-9-14(16)17/h3-5,12H,6-9,15H2,1-2H3. The minimum Gasteiger partial charge on any atom is -0.496 e. The van der Waals surface area contributed by atoms with Crippen LogP contribution in [-0.2, 0) is 16.1 Å². The van der Waals surface area contributed by atoms with Gasteiger partial charge in [0, 0.05) is 13.1 Å². The Morgan fingerprint density at radius 3 is 2.95 bits per heavy atom. The third kappa shape index (κ3) is 3.05. The van der Waals surface area contributed by atoms with Crippen molar-refractivity contribution in [1.29, 1.82) is 0 Å². The Bertz CT molecular complexity index is 462. The summed E-state index contributed by atoms with van der Waals surface area (Å²) in [5, 5.41) is 0. The molecule has 0 saturated carbocycles. The van der Waals surface area contributed by atoms with Crippen LogP contribution < -0.4 is 10.5 Å². The van der Waals surface area contributed by atoms with Crippen LogP contribution in [0.15, 0.2) is 18.2 Å². The summed E-state index contributed by atoms with van der Waals surface area (Å²) in [6.45, 7) is 3.63. The van der Waals surface area contributed by atoms with E-state index in [4.69, 9.17) is 15.2 Å². The average Bonchev–Trinajstić information content (AvgIpc) is 2.41. The minimum absolute atomic E-state index is 0.00447. The molecule has 1 aliphatic heterocycles. The molecule has 2 N–H and O–H groups in total. The fourth-order valence-corrected chi connectivity index (χ4v) is 2.31. The third-order valence-corrected chi connectivity index (χ3v) is 3.38. The number of carbonyl (C=O) groups is 1. The summed E-state index contributed by atoms with van der Waals surface area (Å²) in [6, 6.07) is 5.90. The fraction of sp³-hybridized carbons (Fsp3) is 0.500. The largest absolute Gasteiger partial charge is 0.496 e. The van der Waals surface area contributed by atoms with E-state index in [-0.39, 0.29) is 18.6 Å². The van der Waals surface area contributed by atoms with E-state index in [1.54, 1.807) is 12.0 Å². The summed E-state index contributed by atoms with van der Waals surface area (Å²) >= 11 is 0. The number of nitrogens with two attached hydrogens (primary N) is 1. The molecule has 1 aromatic carbocycles. The normalized spacial score (nSPS) is 19.6. The monoisotopic (exact) mass is 264 g/mol. The van der Waals surface area contributed by atoms with Gasteiger partial charge in [0.1, 0.15) is 12.4 Å². The Kier molecular flexibility index (Phi) is 4.39. The van der Waals surface area contributed by atoms with Gasteiger partial charge in [-0.2, -0.15) is 0 Å². The quantitative estimate of drug-likeness (QED) is 0.869. The first-order valence-corrected chi connectivity index (χ1v) is 6.36. The molecule has 0 radical (unpaired) electrons. The van der Waals surface area contributed by atoms with Crippen LogP contribution in [0, 0.1) is 6.92 Å². The van der Waals surface area contributed by atoms with Gasteiger partial charge < -0.3 is 20.1 Å². The summed E-state index contributed by atoms with van der Waals surface area (Å²) in [5.74, 6) is 0.850. The zero-order valence-electron chi connectivity index (χ0n) is 11.4. The molecule has 1 fully saturated rings. The molecule has 2 rings (SSSR count). The smallest absolute Gasteiger partial charge is 0.249 e. The molecule has 1 saturated heterocycles. The highest BCUT2D eigenvalue weighted by Crippen LogP contribution is 2.20. The van der Waals surface area contributed by atoms with E-state index >= 15 is 0 Å². The minimum atomic E-state index is -0.0383. The molecule has 1 aromatic rings. The molecule has 19 heavy (non-hydrogen) atoms. The van der Waals surface area contributed by atoms with E-state index in [2.05, 4.69) is 0 Å². The van der Waals surface area contributed by atoms with Crippen molar-refractivity contribution in [3.63, 3.8) is 0 Å². The van der Waals surface area contributed by atoms with Crippen molar-refractivity contribution in [3.05, 3.63) is 29.3 Å². The number of nitrogens with zero attached hydrogens (tertiary/aromatic N) is 1. The molecule has 104 valence electrons. The molecule has 0 spiro atoms. The van der Waals surface area contributed by atoms with Gasteiger partial charge in [0.05, 0.1) is 19.8 Å². The number of rotatable bonds is 4. The molecule has 0 bridgehead atoms. The van der Waals surface area contributed by atoms with Gasteiger partial charge >= 0.3 is 0 Å². The van der Waals surface area contributed by atoms with Crippen molar-refractivity contribution >= 4 is 5.91 Å². The number of hydrogen-bond donors (Lipinski definition) is 1. The van der Waals surface area contributed by atoms with Crippen molar-refractivity contribution in [2.45, 2.75) is 19.5 Å². The summed E-state index contributed by atoms with van der Waals surface area (Å²) in [4.78, 5) is 13.7. The topological polar surface area (TPSA) is 64.8 Å². The highest BCUT2D eigenvalue weighted by molar-refractivity contribution is 5.78. The third-order valence-electron chi connectivity index (χ3n) is 3.38. The number of aryl methyl sites for hydroxylation is 1. The second kappa shape index (κ2) is 6.04. The number of benzene rings is 1. The zero-order chi connectivity index (χ0) is 13.8. The number of hydrogen-bond acceptors (Lipinski definition) is 4. The van der Waals surface area contributed by atoms with Crippen LogP contribution in [0.3, 0.4) is 0 Å². The number of ether oxygens (including phenoxy) is 2. The lowest BCUT2D eigenvalue weighted by Gasteiger charge is -2.34. The molecule has 0 aromatic heterocycles. The molecule has 1 heterocycles. The van der Waals surface area contributed by atoms with E-state index in [0.29, 0.717) is 19.7 Å². The Balaban J connectivity index is 2.14. The Hall–Kier alpha value is -1.59. The van der Waals surface area contributed by atoms with Gasteiger partial charge in [0.15, 0.2) is 0 Å². The number of methoxy groups -OCH3 is 1. The molecule has 1 amide bonds. The van der Waals surface area contributed by atoms with Crippen LogP contribution in [0.2, 0.25) is 0 Å². The highest BCUT2D eigenvalue weighted by atomic mass is 16.5. The van der Waals surface area contributed by atoms with Gasteiger partial charge in [-0.25, -0.2) is 0 Å². The molecule has 1 atom stereocenters. The van der Waals surface area contributed by atoms with Crippen molar-refractivity contribution in [2.75, 3.05) is 26.9 Å². The van der Waals surface area contributed by atoms with Gasteiger partial charge in [0.25, 0.3) is 0 Å². The maximum atomic E-state index is 11.9. The number of morpholine rings is 1. The SMILES string of the molecule is COc1ccc(CN2C(=O)COCC2CN)cc1C. The Labute approximate surface area is 113 Å². The summed E-state index contributed by atoms with van der Waals surface area (Å²) < 4.78 is 10.5. The highest BCUT2D eigenvalue weighted by Gasteiger charge is 2.27. The molecule has 5 heteroatoms. The van der Waals surface area contributed by atoms with Gasteiger partial charge in [-0.1, -0.05) is 12.1 Å². The van der Waals surface area contributed by atoms with Crippen molar-refractivity contribution in [1.82, 2.24) is 4.90 Å². The lowest BCUT2D eigenvalue weighted by atomic mass is 10.1. The fourth-order valence-electron chi connectivity index (χ4n) is 2.31. The van der Waals surface area contributed by atoms with E-state index in [1.165, 1.54) is 0 Å². The van der Waals surface area contributed by atoms with Crippen molar-refractivity contribution in [2.24, 2.45) is 5.73 Å². The van der Waals surface area contributed by atoms with Crippen molar-refractivity contribution in [3.8, 4) is 5.75 Å². The van der Waals surface area contributed by atoms with Crippen LogP contribution in [0.25, 0.3) is 0 Å². The van der Waals surface area contributed by atoms with Crippen LogP contribution in [-0.4, -0.2) is 43.7 Å². The second-order valence-corrected chi connectivity index (χ2v) is 4.73. The number of amides is 1. The average molecular weight is 264 g/mol. The summed E-state index contributed by atoms with van der Waals surface area (Å²) in [6.07, 6.45) is 0. The van der Waals surface area contributed by atoms with Gasteiger partial charge in [-0.3, -0.25) is 4.79 Å². The lowest BCUT2D eigenvalue weighted by Crippen LogP contribution is -2.52. The summed E-state index contributed by atoms with van der Waals surface area (Å²) in [5.41, 5.74) is 7.83. The molecule has 5 nitrogen and oxygen atoms in total. The van der Waals surface area contributed by atoms with Crippen LogP contribution in [0.1, 0.15) is 11.1 Å². The van der Waals surface area contributed by atoms with Gasteiger partial charge in [-0.15, -0.1) is 0 Å². The second-order valence-electron chi connectivity index (χ2n) is 4.73. The first kappa shape index (κ1) is 13.8. The Morgan fingerprint density at radius 2 is 2.32 bits per heavy atom. The number of carbonyl (C=O) groups excluding carboxylic acids is 1. The zero-order valence-corrected chi connectivity index (χ0v) is 11.4. The van der Waals surface area contributed by atoms with E-state index < -0.39 is 0 Å². The van der Waals surface area contributed by atoms with Crippen LogP contribution in [0.5, 0.6) is 5.75 Å². The molecule has 1 aliphatic rings. The van der Waals surface area contributed by atoms with Crippen LogP contribution >= 0.6 is 0 Å². The van der Waals surface area contributed by atoms with Gasteiger partial charge in [-0.05, 0) is 24.1 Å².